The number of nitrogens with one attached hydrogen (secondary N) is 3. The fourth-order valence-corrected chi connectivity index (χ4v) is 27.0. The lowest BCUT2D eigenvalue weighted by Gasteiger charge is -2.44. The highest BCUT2D eigenvalue weighted by Crippen LogP contribution is 2.87. The molecule has 0 radical (unpaired) electrons. The molecule has 1 rings (SSSR count). The maximum Gasteiger partial charge on any atom is 0.347 e. The van der Waals surface area contributed by atoms with Gasteiger partial charge in [-0.3, -0.25) is 28.0 Å². The maximum atomic E-state index is 7.23. The van der Waals surface area contributed by atoms with Crippen molar-refractivity contribution in [2.45, 2.75) is 0 Å². The van der Waals surface area contributed by atoms with Crippen molar-refractivity contribution in [2.75, 3.05) is 84.6 Å². The second-order valence-electron chi connectivity index (χ2n) is 9.38. The first kappa shape index (κ1) is 42.1. The number of hydrogen-bond donors (Lipinski definition) is 3. The van der Waals surface area contributed by atoms with E-state index in [9.17, 15) is 0 Å². The average Bonchev–Trinajstić information content (AvgIpc) is 2.89. The Labute approximate surface area is 269 Å². The Hall–Kier alpha value is 0.0900. The molecule has 4 atom stereocenters. The molecule has 1 aliphatic rings. The summed E-state index contributed by atoms with van der Waals surface area (Å²) in [6.07, 6.45) is 0. The first-order chi connectivity index (χ1) is 20.4. The Morgan fingerprint density at radius 2 is 0.818 bits per heavy atom. The molecule has 23 nitrogen and oxygen atoms in total. The molecule has 252 valence electrons. The highest BCUT2D eigenvalue weighted by atomic mass is 35.7. The quantitative estimate of drug-likeness (QED) is 0.0951. The number of rotatable bonds is 17. The van der Waals surface area contributed by atoms with Crippen LogP contribution in [0.3, 0.4) is 0 Å². The molecule has 0 aromatic carbocycles. The van der Waals surface area contributed by atoms with E-state index < -0.39 is 63.4 Å². The van der Waals surface area contributed by atoms with Crippen molar-refractivity contribution in [3.63, 3.8) is 0 Å². The first-order valence-electron chi connectivity index (χ1n) is 11.9. The zero-order chi connectivity index (χ0) is 34.0. The second-order valence-corrected chi connectivity index (χ2v) is 26.8. The minimum Gasteiger partial charge on any atom is -0.252 e. The van der Waals surface area contributed by atoms with Gasteiger partial charge in [-0.25, -0.2) is 16.6 Å². The lowest BCUT2D eigenvalue weighted by Crippen LogP contribution is -2.31. The van der Waals surface area contributed by atoms with Crippen LogP contribution in [0.15, 0.2) is 66.5 Å². The summed E-state index contributed by atoms with van der Waals surface area (Å²) in [5.74, 6) is 0. The molecular weight excluding hydrogens is 750 g/mol. The maximum absolute atomic E-state index is 7.23. The van der Waals surface area contributed by atoms with E-state index in [0.717, 1.165) is 0 Å². The zero-order valence-electron chi connectivity index (χ0n) is 26.6. The second kappa shape index (κ2) is 18.0. The standard InChI is InChI=1S/C12H42ClN23P8/c1-31(2)43(32(3)4,33(5)6)29-42(30-44(34(7)8,35(9)10)36(11)12)27-40(13,23-20-37-17-14)26-41(28-42,24-21-38-18-15)25-22-39-19-16/h14-16,37-39H,1-12H3. The molecule has 32 heteroatoms. The summed E-state index contributed by atoms with van der Waals surface area (Å²) in [6.45, 7) is -3.76. The first-order valence-corrected chi connectivity index (χ1v) is 23.6. The van der Waals surface area contributed by atoms with Crippen molar-refractivity contribution >= 4 is 74.6 Å². The van der Waals surface area contributed by atoms with Gasteiger partial charge in [-0.05, 0) is 95.8 Å². The normalized spacial score (nSPS) is 23.6. The van der Waals surface area contributed by atoms with Gasteiger partial charge in [0.25, 0.3) is 0 Å². The molecule has 0 fully saturated rings. The molecule has 0 aliphatic carbocycles. The number of hydrogen-bond acceptors (Lipinski definition) is 17. The van der Waals surface area contributed by atoms with Gasteiger partial charge in [0.1, 0.15) is 0 Å². The van der Waals surface area contributed by atoms with Crippen molar-refractivity contribution in [2.24, 2.45) is 66.5 Å². The van der Waals surface area contributed by atoms with Crippen LogP contribution in [0.1, 0.15) is 0 Å². The summed E-state index contributed by atoms with van der Waals surface area (Å²) in [5, 5.41) is 0. The van der Waals surface area contributed by atoms with E-state index >= 15 is 0 Å². The summed E-state index contributed by atoms with van der Waals surface area (Å²) in [6, 6.07) is 0. The molecule has 0 amide bonds. The predicted molar refractivity (Wildman–Crippen MR) is 190 cm³/mol. The van der Waals surface area contributed by atoms with Crippen molar-refractivity contribution in [1.29, 1.82) is 16.6 Å². The number of halogens is 1. The van der Waals surface area contributed by atoms with Gasteiger partial charge in [0.15, 0.2) is 41.7 Å². The highest BCUT2D eigenvalue weighted by molar-refractivity contribution is 7.98. The van der Waals surface area contributed by atoms with E-state index in [4.69, 9.17) is 45.9 Å². The van der Waals surface area contributed by atoms with E-state index in [2.05, 4.69) is 48.5 Å². The van der Waals surface area contributed by atoms with Crippen LogP contribution >= 0.6 is 74.6 Å². The lowest BCUT2D eigenvalue weighted by atomic mass is 11.2. The molecule has 0 aromatic heterocycles. The summed E-state index contributed by atoms with van der Waals surface area (Å²) in [4.78, 5) is 34.8. The van der Waals surface area contributed by atoms with Crippen molar-refractivity contribution in [3.05, 3.63) is 0 Å². The highest BCUT2D eigenvalue weighted by Gasteiger charge is 2.44. The monoisotopic (exact) mass is 791 g/mol. The minimum atomic E-state index is -3.82. The van der Waals surface area contributed by atoms with Gasteiger partial charge in [0, 0.05) is 0 Å². The third-order valence-electron chi connectivity index (χ3n) is 5.18. The van der Waals surface area contributed by atoms with E-state index in [-0.39, 0.29) is 0 Å². The van der Waals surface area contributed by atoms with E-state index in [1.807, 2.05) is 113 Å². The lowest BCUT2D eigenvalue weighted by molar-refractivity contribution is 0.474. The van der Waals surface area contributed by atoms with Crippen LogP contribution in [0.2, 0.25) is 0 Å². The van der Waals surface area contributed by atoms with Crippen molar-refractivity contribution in [3.8, 4) is 0 Å². The Balaban J connectivity index is 5.03. The van der Waals surface area contributed by atoms with Crippen LogP contribution in [-0.4, -0.2) is 113 Å². The molecular formula is C12H42ClN23P8. The summed E-state index contributed by atoms with van der Waals surface area (Å²) in [5.41, 5.74) is 21.6. The molecule has 0 saturated heterocycles. The topological polar surface area (TPSA) is 264 Å². The fraction of sp³-hybridized carbons (Fsp3) is 1.00. The van der Waals surface area contributed by atoms with Gasteiger partial charge < -0.3 is 0 Å². The average molecular weight is 792 g/mol. The Kier molecular flexibility index (Phi) is 17.2. The molecule has 3 N–H and O–H groups in total. The molecule has 1 aliphatic heterocycles. The third kappa shape index (κ3) is 10.0. The van der Waals surface area contributed by atoms with Gasteiger partial charge >= 0.3 is 21.7 Å². The van der Waals surface area contributed by atoms with Gasteiger partial charge in [0.05, 0.1) is 0 Å². The van der Waals surface area contributed by atoms with Crippen molar-refractivity contribution in [1.82, 2.24) is 28.0 Å². The third-order valence-corrected chi connectivity index (χ3v) is 24.9. The van der Waals surface area contributed by atoms with Crippen LogP contribution in [0.5, 0.6) is 0 Å². The van der Waals surface area contributed by atoms with Gasteiger partial charge in [-0.2, -0.15) is 37.2 Å². The molecule has 0 bridgehead atoms. The molecule has 44 heavy (non-hydrogen) atoms. The number of nitrogens with zero attached hydrogens (tertiary/aromatic N) is 20. The van der Waals surface area contributed by atoms with Crippen LogP contribution in [0, 0.1) is 16.6 Å². The Bertz CT molecular complexity index is 1280. The smallest absolute Gasteiger partial charge is 0.252 e. The summed E-state index contributed by atoms with van der Waals surface area (Å²) >= 11 is 7.16. The van der Waals surface area contributed by atoms with Crippen LogP contribution in [-0.2, 0) is 0 Å². The largest absolute Gasteiger partial charge is 0.347 e. The summed E-state index contributed by atoms with van der Waals surface area (Å²) < 4.78 is 37.6. The molecule has 0 spiro atoms. The van der Waals surface area contributed by atoms with E-state index in [1.165, 1.54) is 0 Å². The summed E-state index contributed by atoms with van der Waals surface area (Å²) in [7, 11) is 7.89. The molecule has 0 aromatic rings. The van der Waals surface area contributed by atoms with Gasteiger partial charge in [-0.1, -0.05) is 0 Å². The van der Waals surface area contributed by atoms with E-state index in [0.29, 0.717) is 0 Å². The molecule has 4 unspecified atom stereocenters. The SMILES string of the molecule is CN(C)P(=NP1(N=P(N(C)C)(N(C)C)N(C)C)=NP(N=NPN=N)(N=NPN=N)=NP(Cl)(N=NPN=N)=N1)(N(C)C)N(C)C. The predicted octanol–water partition coefficient (Wildman–Crippen LogP) is 10.3. The van der Waals surface area contributed by atoms with Gasteiger partial charge in [-0.15, -0.1) is 29.3 Å². The fourth-order valence-electron chi connectivity index (χ4n) is 3.99. The molecule has 0 saturated carbocycles. The minimum absolute atomic E-state index is 0.573. The van der Waals surface area contributed by atoms with Crippen LogP contribution in [0.25, 0.3) is 0 Å². The molecule has 1 heterocycles. The van der Waals surface area contributed by atoms with Crippen LogP contribution in [0.4, 0.5) is 0 Å². The Morgan fingerprint density at radius 3 is 1.11 bits per heavy atom. The van der Waals surface area contributed by atoms with Crippen LogP contribution < -0.4 is 0 Å². The van der Waals surface area contributed by atoms with E-state index in [1.54, 1.807) is 0 Å². The Morgan fingerprint density at radius 1 is 0.500 bits per heavy atom. The van der Waals surface area contributed by atoms with Gasteiger partial charge in [0.2, 0.25) is 0 Å². The van der Waals surface area contributed by atoms with Crippen molar-refractivity contribution < 1.29 is 0 Å². The zero-order valence-corrected chi connectivity index (χ0v) is 34.8.